The minimum Gasteiger partial charge on any atom is -0.481 e. The molecule has 3 atom stereocenters. The molecule has 3 unspecified atom stereocenters. The normalized spacial score (nSPS) is 28.3. The van der Waals surface area contributed by atoms with Crippen LogP contribution in [0, 0.1) is 5.92 Å². The van der Waals surface area contributed by atoms with Gasteiger partial charge in [0.25, 0.3) is 0 Å². The molecule has 1 aliphatic heterocycles. The van der Waals surface area contributed by atoms with Gasteiger partial charge in [-0.15, -0.1) is 0 Å². The van der Waals surface area contributed by atoms with Gasteiger partial charge in [-0.1, -0.05) is 0 Å². The summed E-state index contributed by atoms with van der Waals surface area (Å²) in [5.41, 5.74) is 0. The summed E-state index contributed by atoms with van der Waals surface area (Å²) in [5, 5.41) is 9.01. The van der Waals surface area contributed by atoms with Crippen molar-refractivity contribution in [1.29, 1.82) is 0 Å². The number of carboxylic acid groups (broad SMARTS) is 1. The maximum absolute atomic E-state index is 11.0. The molecule has 0 aliphatic carbocycles. The predicted molar refractivity (Wildman–Crippen MR) is 54.8 cm³/mol. The number of methoxy groups -OCH3 is 1. The Balaban J connectivity index is 2.57. The molecule has 0 amide bonds. The van der Waals surface area contributed by atoms with Crippen LogP contribution in [0.15, 0.2) is 0 Å². The zero-order chi connectivity index (χ0) is 11.4. The van der Waals surface area contributed by atoms with Gasteiger partial charge in [0.1, 0.15) is 0 Å². The molecule has 0 saturated carbocycles. The van der Waals surface area contributed by atoms with Crippen LogP contribution in [0.2, 0.25) is 0 Å². The largest absolute Gasteiger partial charge is 0.481 e. The second kappa shape index (κ2) is 5.44. The van der Waals surface area contributed by atoms with Crippen LogP contribution in [-0.4, -0.2) is 62.0 Å². The molecule has 0 aromatic carbocycles. The van der Waals surface area contributed by atoms with Crippen LogP contribution in [0.1, 0.15) is 6.92 Å². The molecule has 0 bridgehead atoms. The van der Waals surface area contributed by atoms with Gasteiger partial charge >= 0.3 is 5.97 Å². The molecular formula is C10H19NO4. The minimum atomic E-state index is -0.783. The minimum absolute atomic E-state index is 0.0485. The van der Waals surface area contributed by atoms with Crippen LogP contribution in [0.4, 0.5) is 0 Å². The van der Waals surface area contributed by atoms with E-state index in [0.717, 1.165) is 0 Å². The Kier molecular flexibility index (Phi) is 4.50. The Bertz CT molecular complexity index is 221. The SMILES string of the molecule is COCC(C)N(C)C1COCC1C(=O)O. The number of carboxylic acids is 1. The van der Waals surface area contributed by atoms with Crippen LogP contribution < -0.4 is 0 Å². The van der Waals surface area contributed by atoms with E-state index in [1.54, 1.807) is 7.11 Å². The average Bonchev–Trinajstić information content (AvgIpc) is 2.65. The van der Waals surface area contributed by atoms with E-state index in [9.17, 15) is 4.79 Å². The first-order valence-electron chi connectivity index (χ1n) is 5.09. The zero-order valence-electron chi connectivity index (χ0n) is 9.47. The lowest BCUT2D eigenvalue weighted by atomic mass is 10.0. The van der Waals surface area contributed by atoms with E-state index in [-0.39, 0.29) is 12.1 Å². The van der Waals surface area contributed by atoms with Crippen LogP contribution >= 0.6 is 0 Å². The van der Waals surface area contributed by atoms with E-state index in [1.807, 2.05) is 18.9 Å². The van der Waals surface area contributed by atoms with Crippen LogP contribution in [0.25, 0.3) is 0 Å². The van der Waals surface area contributed by atoms with Crippen molar-refractivity contribution >= 4 is 5.97 Å². The highest BCUT2D eigenvalue weighted by molar-refractivity contribution is 5.71. The van der Waals surface area contributed by atoms with Gasteiger partial charge in [-0.25, -0.2) is 0 Å². The predicted octanol–water partition coefficient (Wildman–Crippen LogP) is 0.0527. The highest BCUT2D eigenvalue weighted by atomic mass is 16.5. The first-order chi connectivity index (χ1) is 7.07. The van der Waals surface area contributed by atoms with Gasteiger partial charge < -0.3 is 14.6 Å². The third-order valence-corrected chi connectivity index (χ3v) is 2.99. The standard InChI is InChI=1S/C10H19NO4/c1-7(4-14-3)11(2)9-6-15-5-8(9)10(12)13/h7-9H,4-6H2,1-3H3,(H,12,13). The molecule has 0 aromatic heterocycles. The molecule has 1 heterocycles. The molecule has 0 spiro atoms. The Morgan fingerprint density at radius 3 is 2.87 bits per heavy atom. The van der Waals surface area contributed by atoms with E-state index >= 15 is 0 Å². The van der Waals surface area contributed by atoms with Gasteiger partial charge in [0.15, 0.2) is 0 Å². The van der Waals surface area contributed by atoms with Crippen LogP contribution in [0.3, 0.4) is 0 Å². The number of nitrogens with zero attached hydrogens (tertiary/aromatic N) is 1. The van der Waals surface area contributed by atoms with Crippen molar-refractivity contribution < 1.29 is 19.4 Å². The number of likely N-dealkylation sites (N-methyl/N-ethyl adjacent to an activating group) is 1. The first-order valence-corrected chi connectivity index (χ1v) is 5.09. The maximum Gasteiger partial charge on any atom is 0.310 e. The molecule has 1 fully saturated rings. The second-order valence-electron chi connectivity index (χ2n) is 4.02. The summed E-state index contributed by atoms with van der Waals surface area (Å²) in [6, 6.07) is 0.149. The molecule has 0 radical (unpaired) electrons. The van der Waals surface area contributed by atoms with E-state index in [0.29, 0.717) is 19.8 Å². The number of rotatable bonds is 5. The van der Waals surface area contributed by atoms with Crippen molar-refractivity contribution in [2.75, 3.05) is 34.0 Å². The van der Waals surface area contributed by atoms with E-state index in [4.69, 9.17) is 14.6 Å². The monoisotopic (exact) mass is 217 g/mol. The van der Waals surface area contributed by atoms with Crippen molar-refractivity contribution in [2.45, 2.75) is 19.0 Å². The number of carbonyl (C=O) groups is 1. The number of aliphatic carboxylic acids is 1. The fourth-order valence-corrected chi connectivity index (χ4v) is 1.87. The quantitative estimate of drug-likeness (QED) is 0.705. The number of hydrogen-bond donors (Lipinski definition) is 1. The molecule has 1 aliphatic rings. The fraction of sp³-hybridized carbons (Fsp3) is 0.900. The van der Waals surface area contributed by atoms with E-state index in [2.05, 4.69) is 0 Å². The Morgan fingerprint density at radius 1 is 1.67 bits per heavy atom. The van der Waals surface area contributed by atoms with Crippen molar-refractivity contribution in [2.24, 2.45) is 5.92 Å². The molecule has 88 valence electrons. The smallest absolute Gasteiger partial charge is 0.310 e. The molecule has 1 saturated heterocycles. The lowest BCUT2D eigenvalue weighted by molar-refractivity contribution is -0.143. The van der Waals surface area contributed by atoms with Gasteiger partial charge in [-0.05, 0) is 14.0 Å². The highest BCUT2D eigenvalue weighted by Crippen LogP contribution is 2.20. The van der Waals surface area contributed by atoms with Gasteiger partial charge in [0.2, 0.25) is 0 Å². The second-order valence-corrected chi connectivity index (χ2v) is 4.02. The Labute approximate surface area is 90.0 Å². The number of hydrogen-bond acceptors (Lipinski definition) is 4. The van der Waals surface area contributed by atoms with E-state index < -0.39 is 11.9 Å². The van der Waals surface area contributed by atoms with Gasteiger partial charge in [0.05, 0.1) is 25.7 Å². The van der Waals surface area contributed by atoms with Crippen molar-refractivity contribution in [1.82, 2.24) is 4.90 Å². The summed E-state index contributed by atoms with van der Waals surface area (Å²) in [6.07, 6.45) is 0. The molecule has 0 aromatic rings. The fourth-order valence-electron chi connectivity index (χ4n) is 1.87. The highest BCUT2D eigenvalue weighted by Gasteiger charge is 2.37. The van der Waals surface area contributed by atoms with Crippen molar-refractivity contribution in [3.8, 4) is 0 Å². The average molecular weight is 217 g/mol. The molecule has 1 N–H and O–H groups in total. The van der Waals surface area contributed by atoms with Gasteiger partial charge in [-0.2, -0.15) is 0 Å². The Hall–Kier alpha value is -0.650. The molecule has 15 heavy (non-hydrogen) atoms. The summed E-state index contributed by atoms with van der Waals surface area (Å²) < 4.78 is 10.3. The topological polar surface area (TPSA) is 59.0 Å². The summed E-state index contributed by atoms with van der Waals surface area (Å²) in [5.74, 6) is -1.21. The van der Waals surface area contributed by atoms with E-state index in [1.165, 1.54) is 0 Å². The third kappa shape index (κ3) is 2.90. The molecular weight excluding hydrogens is 198 g/mol. The first kappa shape index (κ1) is 12.4. The summed E-state index contributed by atoms with van der Waals surface area (Å²) in [6.45, 7) is 3.41. The van der Waals surface area contributed by atoms with Crippen molar-refractivity contribution in [3.63, 3.8) is 0 Å². The maximum atomic E-state index is 11.0. The molecule has 5 nitrogen and oxygen atoms in total. The lowest BCUT2D eigenvalue weighted by Crippen LogP contribution is -2.46. The Morgan fingerprint density at radius 2 is 2.33 bits per heavy atom. The van der Waals surface area contributed by atoms with Crippen molar-refractivity contribution in [3.05, 3.63) is 0 Å². The molecule has 5 heteroatoms. The summed E-state index contributed by atoms with van der Waals surface area (Å²) in [4.78, 5) is 13.0. The molecule has 1 rings (SSSR count). The van der Waals surface area contributed by atoms with Crippen LogP contribution in [-0.2, 0) is 14.3 Å². The zero-order valence-corrected chi connectivity index (χ0v) is 9.47. The summed E-state index contributed by atoms with van der Waals surface area (Å²) >= 11 is 0. The van der Waals surface area contributed by atoms with Crippen LogP contribution in [0.5, 0.6) is 0 Å². The van der Waals surface area contributed by atoms with Gasteiger partial charge in [0, 0.05) is 19.2 Å². The summed E-state index contributed by atoms with van der Waals surface area (Å²) in [7, 11) is 3.56. The lowest BCUT2D eigenvalue weighted by Gasteiger charge is -2.31. The number of ether oxygens (including phenoxy) is 2. The van der Waals surface area contributed by atoms with Gasteiger partial charge in [-0.3, -0.25) is 9.69 Å². The third-order valence-electron chi connectivity index (χ3n) is 2.99.